The number of aromatic nitrogens is 3. The summed E-state index contributed by atoms with van der Waals surface area (Å²) in [6.07, 6.45) is 1.32. The average Bonchev–Trinajstić information content (AvgIpc) is 2.99. The van der Waals surface area contributed by atoms with E-state index in [-0.39, 0.29) is 29.8 Å². The molecular weight excluding hydrogens is 360 g/mol. The van der Waals surface area contributed by atoms with Gasteiger partial charge in [0.1, 0.15) is 5.60 Å². The molecule has 2 rings (SSSR count). The van der Waals surface area contributed by atoms with E-state index in [4.69, 9.17) is 21.1 Å². The Morgan fingerprint density at radius 3 is 2.62 bits per heavy atom. The highest BCUT2D eigenvalue weighted by Crippen LogP contribution is 2.28. The molecule has 9 heteroatoms. The molecule has 0 aliphatic carbocycles. The lowest BCUT2D eigenvalue weighted by Crippen LogP contribution is -2.43. The zero-order valence-electron chi connectivity index (χ0n) is 16.0. The molecule has 0 saturated carbocycles. The molecule has 0 radical (unpaired) electrons. The van der Waals surface area contributed by atoms with E-state index < -0.39 is 11.6 Å². The molecule has 1 aromatic rings. The molecule has 0 aromatic carbocycles. The monoisotopic (exact) mass is 386 g/mol. The number of nitrogens with zero attached hydrogens (tertiary/aromatic N) is 4. The van der Waals surface area contributed by atoms with Crippen molar-refractivity contribution in [1.29, 1.82) is 0 Å². The summed E-state index contributed by atoms with van der Waals surface area (Å²) in [7, 11) is 0. The standard InChI is InChI=1S/C17H27ClN4O4/c1-11(2)14-13(15(23)25-10-18)19-20-22(14)12-7-6-8-21(9-12)16(24)26-17(3,4)5/h11-12H,6-10H2,1-5H3. The highest BCUT2D eigenvalue weighted by atomic mass is 35.5. The lowest BCUT2D eigenvalue weighted by molar-refractivity contribution is 0.0164. The Morgan fingerprint density at radius 2 is 2.04 bits per heavy atom. The zero-order chi connectivity index (χ0) is 19.5. The molecule has 0 N–H and O–H groups in total. The van der Waals surface area contributed by atoms with E-state index in [2.05, 4.69) is 10.3 Å². The van der Waals surface area contributed by atoms with Crippen molar-refractivity contribution in [3.05, 3.63) is 11.4 Å². The molecular formula is C17H27ClN4O4. The van der Waals surface area contributed by atoms with Crippen LogP contribution in [-0.4, -0.2) is 56.7 Å². The second kappa shape index (κ2) is 8.24. The number of carbonyl (C=O) groups excluding carboxylic acids is 2. The number of likely N-dealkylation sites (tertiary alicyclic amines) is 1. The van der Waals surface area contributed by atoms with Crippen LogP contribution < -0.4 is 0 Å². The number of esters is 1. The summed E-state index contributed by atoms with van der Waals surface area (Å²) in [6.45, 7) is 10.5. The number of ether oxygens (including phenoxy) is 2. The minimum atomic E-state index is -0.588. The molecule has 0 spiro atoms. The van der Waals surface area contributed by atoms with Crippen molar-refractivity contribution < 1.29 is 19.1 Å². The zero-order valence-corrected chi connectivity index (χ0v) is 16.7. The molecule has 26 heavy (non-hydrogen) atoms. The topological polar surface area (TPSA) is 86.5 Å². The third kappa shape index (κ3) is 4.87. The average molecular weight is 387 g/mol. The number of carbonyl (C=O) groups is 2. The van der Waals surface area contributed by atoms with E-state index >= 15 is 0 Å². The van der Waals surface area contributed by atoms with Crippen molar-refractivity contribution in [2.24, 2.45) is 0 Å². The molecule has 1 fully saturated rings. The van der Waals surface area contributed by atoms with Crippen molar-refractivity contribution in [3.8, 4) is 0 Å². The number of alkyl halides is 1. The van der Waals surface area contributed by atoms with Gasteiger partial charge in [0.2, 0.25) is 0 Å². The number of hydrogen-bond acceptors (Lipinski definition) is 6. The quantitative estimate of drug-likeness (QED) is 0.582. The molecule has 8 nitrogen and oxygen atoms in total. The Morgan fingerprint density at radius 1 is 1.35 bits per heavy atom. The maximum atomic E-state index is 12.4. The smallest absolute Gasteiger partial charge is 0.410 e. The highest BCUT2D eigenvalue weighted by Gasteiger charge is 2.32. The third-order valence-corrected chi connectivity index (χ3v) is 4.16. The Kier molecular flexibility index (Phi) is 6.49. The molecule has 2 heterocycles. The van der Waals surface area contributed by atoms with Crippen molar-refractivity contribution in [2.45, 2.75) is 65.0 Å². The van der Waals surface area contributed by atoms with Gasteiger partial charge < -0.3 is 14.4 Å². The largest absolute Gasteiger partial charge is 0.445 e. The summed E-state index contributed by atoms with van der Waals surface area (Å²) in [6, 6.07) is -0.308. The number of hydrogen-bond donors (Lipinski definition) is 0. The minimum Gasteiger partial charge on any atom is -0.445 e. The van der Waals surface area contributed by atoms with E-state index in [0.29, 0.717) is 18.8 Å². The second-order valence-electron chi connectivity index (χ2n) is 7.69. The third-order valence-electron chi connectivity index (χ3n) is 4.05. The first kappa shape index (κ1) is 20.5. The fourth-order valence-corrected chi connectivity index (χ4v) is 3.12. The Balaban J connectivity index is 2.22. The summed E-state index contributed by atoms with van der Waals surface area (Å²) >= 11 is 5.48. The fourth-order valence-electron chi connectivity index (χ4n) is 3.02. The van der Waals surface area contributed by atoms with Crippen LogP contribution in [0.1, 0.15) is 75.6 Å². The molecule has 1 aliphatic rings. The number of amides is 1. The fraction of sp³-hybridized carbons (Fsp3) is 0.765. The molecule has 1 atom stereocenters. The predicted molar refractivity (Wildman–Crippen MR) is 96.3 cm³/mol. The van der Waals surface area contributed by atoms with Crippen LogP contribution >= 0.6 is 11.6 Å². The molecule has 1 saturated heterocycles. The molecule has 1 aliphatic heterocycles. The van der Waals surface area contributed by atoms with Crippen LogP contribution in [0.5, 0.6) is 0 Å². The van der Waals surface area contributed by atoms with Crippen LogP contribution in [-0.2, 0) is 9.47 Å². The highest BCUT2D eigenvalue weighted by molar-refractivity contribution is 6.17. The SMILES string of the molecule is CC(C)c1c(C(=O)OCCl)nnn1C1CCCN(C(=O)OC(C)(C)C)C1. The Bertz CT molecular complexity index is 654. The summed E-state index contributed by atoms with van der Waals surface area (Å²) in [4.78, 5) is 26.1. The van der Waals surface area contributed by atoms with Gasteiger partial charge in [-0.15, -0.1) is 5.10 Å². The van der Waals surface area contributed by atoms with Crippen molar-refractivity contribution in [3.63, 3.8) is 0 Å². The summed E-state index contributed by atoms with van der Waals surface area (Å²) in [5, 5.41) is 8.18. The van der Waals surface area contributed by atoms with E-state index in [1.54, 1.807) is 9.58 Å². The van der Waals surface area contributed by atoms with Gasteiger partial charge in [-0.25, -0.2) is 14.3 Å². The van der Waals surface area contributed by atoms with Crippen LogP contribution in [0.15, 0.2) is 0 Å². The van der Waals surface area contributed by atoms with Crippen molar-refractivity contribution in [1.82, 2.24) is 19.9 Å². The maximum absolute atomic E-state index is 12.4. The first-order chi connectivity index (χ1) is 12.1. The van der Waals surface area contributed by atoms with Crippen molar-refractivity contribution >= 4 is 23.7 Å². The van der Waals surface area contributed by atoms with E-state index in [0.717, 1.165) is 12.8 Å². The minimum absolute atomic E-state index is 0.0137. The lowest BCUT2D eigenvalue weighted by Gasteiger charge is -2.34. The van der Waals surface area contributed by atoms with Gasteiger partial charge >= 0.3 is 12.1 Å². The Hall–Kier alpha value is -1.83. The van der Waals surface area contributed by atoms with Gasteiger partial charge in [0.05, 0.1) is 11.7 Å². The molecule has 0 bridgehead atoms. The first-order valence-electron chi connectivity index (χ1n) is 8.80. The van der Waals surface area contributed by atoms with Gasteiger partial charge in [0.25, 0.3) is 0 Å². The molecule has 1 unspecified atom stereocenters. The molecule has 146 valence electrons. The molecule has 1 amide bonds. The summed E-state index contributed by atoms with van der Waals surface area (Å²) in [5.41, 5.74) is 0.324. The van der Waals surface area contributed by atoms with Gasteiger partial charge in [0.15, 0.2) is 11.8 Å². The second-order valence-corrected chi connectivity index (χ2v) is 7.90. The van der Waals surface area contributed by atoms with E-state index in [9.17, 15) is 9.59 Å². The van der Waals surface area contributed by atoms with Gasteiger partial charge in [-0.3, -0.25) is 0 Å². The van der Waals surface area contributed by atoms with Crippen LogP contribution in [0.25, 0.3) is 0 Å². The van der Waals surface area contributed by atoms with Crippen molar-refractivity contribution in [2.75, 3.05) is 19.2 Å². The van der Waals surface area contributed by atoms with Crippen LogP contribution in [0.3, 0.4) is 0 Å². The normalized spacial score (nSPS) is 18.1. The summed E-state index contributed by atoms with van der Waals surface area (Å²) < 4.78 is 12.1. The number of rotatable bonds is 4. The predicted octanol–water partition coefficient (Wildman–Crippen LogP) is 3.33. The maximum Gasteiger partial charge on any atom is 0.410 e. The molecule has 1 aromatic heterocycles. The van der Waals surface area contributed by atoms with Gasteiger partial charge in [-0.2, -0.15) is 0 Å². The lowest BCUT2D eigenvalue weighted by atomic mass is 10.0. The Labute approximate surface area is 158 Å². The van der Waals surface area contributed by atoms with E-state index in [1.807, 2.05) is 34.6 Å². The van der Waals surface area contributed by atoms with Crippen LogP contribution in [0, 0.1) is 0 Å². The number of halogens is 1. The van der Waals surface area contributed by atoms with Crippen LogP contribution in [0.2, 0.25) is 0 Å². The van der Waals surface area contributed by atoms with Gasteiger partial charge in [-0.05, 0) is 39.5 Å². The first-order valence-corrected chi connectivity index (χ1v) is 9.33. The van der Waals surface area contributed by atoms with Gasteiger partial charge in [-0.1, -0.05) is 30.7 Å². The van der Waals surface area contributed by atoms with Crippen LogP contribution in [0.4, 0.5) is 4.79 Å². The number of piperidine rings is 1. The van der Waals surface area contributed by atoms with E-state index in [1.165, 1.54) is 0 Å². The summed E-state index contributed by atoms with van der Waals surface area (Å²) in [5.74, 6) is -0.575. The van der Waals surface area contributed by atoms with Gasteiger partial charge in [0, 0.05) is 13.1 Å².